The predicted molar refractivity (Wildman–Crippen MR) is 82.4 cm³/mol. The van der Waals surface area contributed by atoms with Crippen LogP contribution in [0.2, 0.25) is 0 Å². The lowest BCUT2D eigenvalue weighted by atomic mass is 10.1. The molecule has 2 amide bonds. The Hall–Kier alpha value is -2.21. The molecule has 1 fully saturated rings. The maximum atomic E-state index is 12.2. The molecule has 6 heteroatoms. The van der Waals surface area contributed by atoms with Gasteiger partial charge in [-0.15, -0.1) is 11.3 Å². The number of anilines is 2. The Kier molecular flexibility index (Phi) is 3.70. The number of hydrogen-bond acceptors (Lipinski definition) is 4. The van der Waals surface area contributed by atoms with E-state index in [1.807, 2.05) is 37.3 Å². The first kappa shape index (κ1) is 13.8. The van der Waals surface area contributed by atoms with Crippen molar-refractivity contribution in [3.63, 3.8) is 0 Å². The van der Waals surface area contributed by atoms with Crippen LogP contribution in [0.4, 0.5) is 10.8 Å². The van der Waals surface area contributed by atoms with Crippen LogP contribution in [0, 0.1) is 12.8 Å². The second kappa shape index (κ2) is 5.65. The molecule has 0 saturated carbocycles. The fourth-order valence-corrected chi connectivity index (χ4v) is 3.03. The molecule has 1 atom stereocenters. The molecule has 0 unspecified atom stereocenters. The van der Waals surface area contributed by atoms with Crippen LogP contribution < -0.4 is 10.2 Å². The average molecular weight is 301 g/mol. The van der Waals surface area contributed by atoms with Crippen LogP contribution in [-0.2, 0) is 9.59 Å². The molecule has 1 aromatic heterocycles. The highest BCUT2D eigenvalue weighted by Gasteiger charge is 2.35. The van der Waals surface area contributed by atoms with Crippen molar-refractivity contribution in [3.8, 4) is 0 Å². The first-order chi connectivity index (χ1) is 10.1. The smallest absolute Gasteiger partial charge is 0.231 e. The minimum absolute atomic E-state index is 0.0170. The van der Waals surface area contributed by atoms with Gasteiger partial charge in [0.1, 0.15) is 0 Å². The number of nitrogens with zero attached hydrogens (tertiary/aromatic N) is 2. The molecule has 0 aliphatic carbocycles. The summed E-state index contributed by atoms with van der Waals surface area (Å²) in [5, 5.41) is 3.37. The van der Waals surface area contributed by atoms with Gasteiger partial charge in [-0.2, -0.15) is 0 Å². The molecule has 1 N–H and O–H groups in total. The van der Waals surface area contributed by atoms with Gasteiger partial charge < -0.3 is 10.2 Å². The summed E-state index contributed by atoms with van der Waals surface area (Å²) in [4.78, 5) is 31.1. The predicted octanol–water partition coefficient (Wildman–Crippen LogP) is 2.44. The van der Waals surface area contributed by atoms with Crippen molar-refractivity contribution in [2.45, 2.75) is 13.3 Å². The third kappa shape index (κ3) is 2.95. The van der Waals surface area contributed by atoms with Crippen LogP contribution in [0.25, 0.3) is 0 Å². The Balaban J connectivity index is 1.68. The van der Waals surface area contributed by atoms with Gasteiger partial charge in [0.15, 0.2) is 5.13 Å². The first-order valence-electron chi connectivity index (χ1n) is 6.72. The van der Waals surface area contributed by atoms with Crippen LogP contribution >= 0.6 is 11.3 Å². The third-order valence-corrected chi connectivity index (χ3v) is 4.24. The summed E-state index contributed by atoms with van der Waals surface area (Å²) >= 11 is 1.43. The summed E-state index contributed by atoms with van der Waals surface area (Å²) in [6, 6.07) is 9.42. The zero-order valence-electron chi connectivity index (χ0n) is 11.6. The third-order valence-electron chi connectivity index (χ3n) is 3.42. The standard InChI is InChI=1S/C15H15N3O2S/c1-10-8-16-15(21-10)17-14(20)11-7-13(19)18(9-11)12-5-3-2-4-6-12/h2-6,8,11H,7,9H2,1H3,(H,16,17,20)/t11-/m0/s1. The van der Waals surface area contributed by atoms with Crippen molar-refractivity contribution in [1.29, 1.82) is 0 Å². The fourth-order valence-electron chi connectivity index (χ4n) is 2.36. The van der Waals surface area contributed by atoms with E-state index in [1.54, 1.807) is 11.1 Å². The normalized spacial score (nSPS) is 18.0. The van der Waals surface area contributed by atoms with Gasteiger partial charge in [0, 0.05) is 29.7 Å². The van der Waals surface area contributed by atoms with Crippen LogP contribution in [0.15, 0.2) is 36.5 Å². The Morgan fingerprint density at radius 1 is 1.38 bits per heavy atom. The summed E-state index contributed by atoms with van der Waals surface area (Å²) < 4.78 is 0. The molecule has 21 heavy (non-hydrogen) atoms. The topological polar surface area (TPSA) is 62.3 Å². The van der Waals surface area contributed by atoms with Crippen molar-refractivity contribution >= 4 is 34.0 Å². The van der Waals surface area contributed by atoms with E-state index in [9.17, 15) is 9.59 Å². The number of rotatable bonds is 3. The molecule has 1 aliphatic rings. The summed E-state index contributed by atoms with van der Waals surface area (Å²) in [7, 11) is 0. The van der Waals surface area contributed by atoms with Gasteiger partial charge in [0.2, 0.25) is 11.8 Å². The van der Waals surface area contributed by atoms with E-state index < -0.39 is 0 Å². The van der Waals surface area contributed by atoms with E-state index in [4.69, 9.17) is 0 Å². The molecule has 0 spiro atoms. The monoisotopic (exact) mass is 301 g/mol. The van der Waals surface area contributed by atoms with E-state index in [0.717, 1.165) is 10.6 Å². The van der Waals surface area contributed by atoms with Gasteiger partial charge in [0.05, 0.1) is 5.92 Å². The van der Waals surface area contributed by atoms with Crippen LogP contribution in [-0.4, -0.2) is 23.3 Å². The molecule has 1 saturated heterocycles. The SMILES string of the molecule is Cc1cnc(NC(=O)[C@H]2CC(=O)N(c3ccccc3)C2)s1. The number of aromatic nitrogens is 1. The number of carbonyl (C=O) groups excluding carboxylic acids is 2. The van der Waals surface area contributed by atoms with Crippen LogP contribution in [0.3, 0.4) is 0 Å². The van der Waals surface area contributed by atoms with Crippen molar-refractivity contribution in [2.75, 3.05) is 16.8 Å². The lowest BCUT2D eigenvalue weighted by Gasteiger charge is -2.16. The summed E-state index contributed by atoms with van der Waals surface area (Å²) in [5.41, 5.74) is 0.836. The van der Waals surface area contributed by atoms with Crippen LogP contribution in [0.1, 0.15) is 11.3 Å². The summed E-state index contributed by atoms with van der Waals surface area (Å²) in [5.74, 6) is -0.491. The molecule has 1 aromatic carbocycles. The molecule has 2 heterocycles. The lowest BCUT2D eigenvalue weighted by Crippen LogP contribution is -2.28. The average Bonchev–Trinajstić information content (AvgIpc) is 3.06. The molecule has 3 rings (SSSR count). The van der Waals surface area contributed by atoms with E-state index in [-0.39, 0.29) is 24.2 Å². The van der Waals surface area contributed by atoms with E-state index in [0.29, 0.717) is 11.7 Å². The number of amides is 2. The molecule has 2 aromatic rings. The molecule has 1 aliphatic heterocycles. The van der Waals surface area contributed by atoms with Crippen molar-refractivity contribution in [1.82, 2.24) is 4.98 Å². The highest BCUT2D eigenvalue weighted by atomic mass is 32.1. The van der Waals surface area contributed by atoms with Gasteiger partial charge in [-0.05, 0) is 19.1 Å². The van der Waals surface area contributed by atoms with Gasteiger partial charge in [0.25, 0.3) is 0 Å². The van der Waals surface area contributed by atoms with Gasteiger partial charge in [-0.25, -0.2) is 4.98 Å². The Morgan fingerprint density at radius 3 is 2.81 bits per heavy atom. The Morgan fingerprint density at radius 2 is 2.14 bits per heavy atom. The highest BCUT2D eigenvalue weighted by molar-refractivity contribution is 7.15. The van der Waals surface area contributed by atoms with Gasteiger partial charge in [-0.3, -0.25) is 9.59 Å². The minimum Gasteiger partial charge on any atom is -0.312 e. The maximum absolute atomic E-state index is 12.2. The number of aryl methyl sites for hydroxylation is 1. The number of thiazole rings is 1. The first-order valence-corrected chi connectivity index (χ1v) is 7.54. The number of hydrogen-bond donors (Lipinski definition) is 1. The van der Waals surface area contributed by atoms with Gasteiger partial charge >= 0.3 is 0 Å². The summed E-state index contributed by atoms with van der Waals surface area (Å²) in [6.07, 6.45) is 1.96. The van der Waals surface area contributed by atoms with E-state index >= 15 is 0 Å². The van der Waals surface area contributed by atoms with Crippen LogP contribution in [0.5, 0.6) is 0 Å². The minimum atomic E-state index is -0.332. The molecular weight excluding hydrogens is 286 g/mol. The fraction of sp³-hybridized carbons (Fsp3) is 0.267. The number of para-hydroxylation sites is 1. The number of nitrogens with one attached hydrogen (secondary N) is 1. The highest BCUT2D eigenvalue weighted by Crippen LogP contribution is 2.26. The number of carbonyl (C=O) groups is 2. The zero-order valence-corrected chi connectivity index (χ0v) is 12.4. The van der Waals surface area contributed by atoms with Crippen molar-refractivity contribution in [3.05, 3.63) is 41.4 Å². The molecule has 5 nitrogen and oxygen atoms in total. The lowest BCUT2D eigenvalue weighted by molar-refractivity contribution is -0.122. The Bertz CT molecular complexity index is 669. The second-order valence-electron chi connectivity index (χ2n) is 5.01. The van der Waals surface area contributed by atoms with E-state index in [1.165, 1.54) is 11.3 Å². The zero-order chi connectivity index (χ0) is 14.8. The van der Waals surface area contributed by atoms with Gasteiger partial charge in [-0.1, -0.05) is 18.2 Å². The molecule has 108 valence electrons. The maximum Gasteiger partial charge on any atom is 0.231 e. The van der Waals surface area contributed by atoms with Crippen molar-refractivity contribution < 1.29 is 9.59 Å². The molecular formula is C15H15N3O2S. The van der Waals surface area contributed by atoms with Crippen molar-refractivity contribution in [2.24, 2.45) is 5.92 Å². The summed E-state index contributed by atoms with van der Waals surface area (Å²) in [6.45, 7) is 2.35. The second-order valence-corrected chi connectivity index (χ2v) is 6.24. The molecule has 0 bridgehead atoms. The Labute approximate surface area is 126 Å². The van der Waals surface area contributed by atoms with E-state index in [2.05, 4.69) is 10.3 Å². The number of benzene rings is 1. The quantitative estimate of drug-likeness (QED) is 0.947. The molecule has 0 radical (unpaired) electrons. The largest absolute Gasteiger partial charge is 0.312 e.